The lowest BCUT2D eigenvalue weighted by Crippen LogP contribution is -2.47. The van der Waals surface area contributed by atoms with E-state index in [9.17, 15) is 4.79 Å². The van der Waals surface area contributed by atoms with Crippen LogP contribution < -0.4 is 5.32 Å². The Bertz CT molecular complexity index is 234. The predicted molar refractivity (Wildman–Crippen MR) is 60.6 cm³/mol. The molecule has 1 unspecified atom stereocenters. The third kappa shape index (κ3) is 2.17. The Hall–Kier alpha value is -0.570. The third-order valence-corrected chi connectivity index (χ3v) is 3.71. The lowest BCUT2D eigenvalue weighted by Gasteiger charge is -2.30. The molecule has 0 spiro atoms. The zero-order chi connectivity index (χ0) is 10.8. The zero-order valence-corrected chi connectivity index (χ0v) is 9.83. The van der Waals surface area contributed by atoms with Crippen molar-refractivity contribution >= 4 is 5.91 Å². The van der Waals surface area contributed by atoms with Crippen LogP contribution in [0, 0.1) is 5.92 Å². The van der Waals surface area contributed by atoms with Gasteiger partial charge < -0.3 is 10.2 Å². The van der Waals surface area contributed by atoms with Crippen LogP contribution in [0.15, 0.2) is 0 Å². The molecule has 2 aliphatic heterocycles. The van der Waals surface area contributed by atoms with Crippen LogP contribution >= 0.6 is 0 Å². The molecule has 2 fully saturated rings. The summed E-state index contributed by atoms with van der Waals surface area (Å²) in [6.45, 7) is 6.42. The van der Waals surface area contributed by atoms with E-state index in [1.165, 1.54) is 12.8 Å². The second-order valence-corrected chi connectivity index (χ2v) is 5.13. The molecule has 2 saturated heterocycles. The minimum Gasteiger partial charge on any atom is -0.338 e. The Morgan fingerprint density at radius 1 is 1.33 bits per heavy atom. The van der Waals surface area contributed by atoms with Crippen LogP contribution in [0.3, 0.4) is 0 Å². The highest BCUT2D eigenvalue weighted by Crippen LogP contribution is 2.25. The quantitative estimate of drug-likeness (QED) is 0.747. The smallest absolute Gasteiger partial charge is 0.239 e. The third-order valence-electron chi connectivity index (χ3n) is 3.71. The van der Waals surface area contributed by atoms with E-state index in [0.717, 1.165) is 25.9 Å². The molecule has 3 heteroatoms. The monoisotopic (exact) mass is 210 g/mol. The topological polar surface area (TPSA) is 32.3 Å². The molecule has 2 aliphatic rings. The summed E-state index contributed by atoms with van der Waals surface area (Å²) in [7, 11) is 0. The molecule has 0 aromatic carbocycles. The van der Waals surface area contributed by atoms with E-state index in [-0.39, 0.29) is 6.04 Å². The molecule has 0 bridgehead atoms. The maximum absolute atomic E-state index is 12.2. The number of nitrogens with zero attached hydrogens (tertiary/aromatic N) is 1. The summed E-state index contributed by atoms with van der Waals surface area (Å²) in [5.74, 6) is 0.946. The fourth-order valence-electron chi connectivity index (χ4n) is 2.85. The van der Waals surface area contributed by atoms with Crippen LogP contribution in [-0.2, 0) is 4.79 Å². The van der Waals surface area contributed by atoms with Gasteiger partial charge in [0.25, 0.3) is 0 Å². The van der Waals surface area contributed by atoms with E-state index in [1.54, 1.807) is 0 Å². The van der Waals surface area contributed by atoms with E-state index in [2.05, 4.69) is 24.1 Å². The minimum atomic E-state index is 0.115. The van der Waals surface area contributed by atoms with Crippen molar-refractivity contribution in [2.75, 3.05) is 13.1 Å². The fraction of sp³-hybridized carbons (Fsp3) is 0.917. The van der Waals surface area contributed by atoms with Gasteiger partial charge in [-0.15, -0.1) is 0 Å². The number of likely N-dealkylation sites (tertiary alicyclic amines) is 1. The lowest BCUT2D eigenvalue weighted by molar-refractivity contribution is -0.134. The average molecular weight is 210 g/mol. The van der Waals surface area contributed by atoms with Gasteiger partial charge in [-0.1, -0.05) is 13.8 Å². The Labute approximate surface area is 92.2 Å². The van der Waals surface area contributed by atoms with Crippen molar-refractivity contribution in [1.29, 1.82) is 0 Å². The van der Waals surface area contributed by atoms with E-state index >= 15 is 0 Å². The molecular weight excluding hydrogens is 188 g/mol. The highest BCUT2D eigenvalue weighted by molar-refractivity contribution is 5.82. The first-order valence-electron chi connectivity index (χ1n) is 6.24. The number of nitrogens with one attached hydrogen (secondary N) is 1. The number of hydrogen-bond acceptors (Lipinski definition) is 2. The van der Waals surface area contributed by atoms with E-state index in [1.807, 2.05) is 0 Å². The fourth-order valence-corrected chi connectivity index (χ4v) is 2.85. The SMILES string of the molecule is CC(C)C1CCCN1C(=O)[C@H]1CCCN1. The van der Waals surface area contributed by atoms with Crippen molar-refractivity contribution < 1.29 is 4.79 Å². The first-order chi connectivity index (χ1) is 7.20. The summed E-state index contributed by atoms with van der Waals surface area (Å²) < 4.78 is 0. The molecule has 15 heavy (non-hydrogen) atoms. The highest BCUT2D eigenvalue weighted by Gasteiger charge is 2.35. The Kier molecular flexibility index (Phi) is 3.29. The molecule has 86 valence electrons. The Morgan fingerprint density at radius 2 is 2.13 bits per heavy atom. The van der Waals surface area contributed by atoms with Crippen LogP contribution in [0.2, 0.25) is 0 Å². The summed E-state index contributed by atoms with van der Waals surface area (Å²) in [6, 6.07) is 0.601. The molecule has 1 amide bonds. The minimum absolute atomic E-state index is 0.115. The number of carbonyl (C=O) groups excluding carboxylic acids is 1. The van der Waals surface area contributed by atoms with Gasteiger partial charge in [0.15, 0.2) is 0 Å². The van der Waals surface area contributed by atoms with Crippen molar-refractivity contribution in [3.63, 3.8) is 0 Å². The van der Waals surface area contributed by atoms with Gasteiger partial charge in [0.1, 0.15) is 0 Å². The Morgan fingerprint density at radius 3 is 2.73 bits per heavy atom. The average Bonchev–Trinajstić information content (AvgIpc) is 2.88. The van der Waals surface area contributed by atoms with Crippen molar-refractivity contribution in [3.05, 3.63) is 0 Å². The number of amides is 1. The van der Waals surface area contributed by atoms with Gasteiger partial charge in [-0.3, -0.25) is 4.79 Å². The first kappa shape index (κ1) is 10.9. The summed E-state index contributed by atoms with van der Waals surface area (Å²) in [5.41, 5.74) is 0. The van der Waals surface area contributed by atoms with Gasteiger partial charge in [0.2, 0.25) is 5.91 Å². The maximum atomic E-state index is 12.2. The molecule has 2 heterocycles. The van der Waals surface area contributed by atoms with E-state index < -0.39 is 0 Å². The molecule has 2 atom stereocenters. The van der Waals surface area contributed by atoms with Crippen LogP contribution in [0.5, 0.6) is 0 Å². The molecule has 2 rings (SSSR count). The van der Waals surface area contributed by atoms with Gasteiger partial charge in [0.05, 0.1) is 6.04 Å². The molecule has 0 aliphatic carbocycles. The van der Waals surface area contributed by atoms with Crippen LogP contribution in [0.4, 0.5) is 0 Å². The van der Waals surface area contributed by atoms with Gasteiger partial charge in [-0.05, 0) is 38.1 Å². The highest BCUT2D eigenvalue weighted by atomic mass is 16.2. The summed E-state index contributed by atoms with van der Waals surface area (Å²) in [6.07, 6.45) is 4.55. The van der Waals surface area contributed by atoms with Crippen LogP contribution in [0.25, 0.3) is 0 Å². The van der Waals surface area contributed by atoms with E-state index in [4.69, 9.17) is 0 Å². The second kappa shape index (κ2) is 4.52. The first-order valence-corrected chi connectivity index (χ1v) is 6.24. The molecular formula is C12H22N2O. The Balaban J connectivity index is 1.99. The number of hydrogen-bond donors (Lipinski definition) is 1. The van der Waals surface area contributed by atoms with Crippen LogP contribution in [-0.4, -0.2) is 36.0 Å². The van der Waals surface area contributed by atoms with Gasteiger partial charge in [-0.2, -0.15) is 0 Å². The lowest BCUT2D eigenvalue weighted by atomic mass is 10.0. The number of carbonyl (C=O) groups is 1. The molecule has 0 saturated carbocycles. The summed E-state index contributed by atoms with van der Waals surface area (Å²) >= 11 is 0. The van der Waals surface area contributed by atoms with E-state index in [0.29, 0.717) is 17.9 Å². The van der Waals surface area contributed by atoms with Crippen molar-refractivity contribution in [2.45, 2.75) is 51.6 Å². The molecule has 1 N–H and O–H groups in total. The zero-order valence-electron chi connectivity index (χ0n) is 9.83. The standard InChI is InChI=1S/C12H22N2O/c1-9(2)11-6-4-8-14(11)12(15)10-5-3-7-13-10/h9-11,13H,3-8H2,1-2H3/t10-,11?/m1/s1. The normalized spacial score (nSPS) is 31.5. The maximum Gasteiger partial charge on any atom is 0.239 e. The largest absolute Gasteiger partial charge is 0.338 e. The molecule has 0 aromatic heterocycles. The van der Waals surface area contributed by atoms with Crippen LogP contribution in [0.1, 0.15) is 39.5 Å². The number of rotatable bonds is 2. The van der Waals surface area contributed by atoms with Gasteiger partial charge >= 0.3 is 0 Å². The van der Waals surface area contributed by atoms with Crippen molar-refractivity contribution in [3.8, 4) is 0 Å². The molecule has 0 aromatic rings. The molecule has 0 radical (unpaired) electrons. The summed E-state index contributed by atoms with van der Waals surface area (Å²) in [4.78, 5) is 14.3. The summed E-state index contributed by atoms with van der Waals surface area (Å²) in [5, 5.41) is 3.30. The predicted octanol–water partition coefficient (Wildman–Crippen LogP) is 1.39. The second-order valence-electron chi connectivity index (χ2n) is 5.13. The van der Waals surface area contributed by atoms with Gasteiger partial charge in [-0.25, -0.2) is 0 Å². The molecule has 3 nitrogen and oxygen atoms in total. The van der Waals surface area contributed by atoms with Crippen molar-refractivity contribution in [1.82, 2.24) is 10.2 Å². The van der Waals surface area contributed by atoms with Crippen molar-refractivity contribution in [2.24, 2.45) is 5.92 Å². The van der Waals surface area contributed by atoms with Gasteiger partial charge in [0, 0.05) is 12.6 Å².